The fraction of sp³-hybridized carbons (Fsp3) is 0.0952. The van der Waals surface area contributed by atoms with Gasteiger partial charge < -0.3 is 10.1 Å². The molecule has 0 aromatic heterocycles. The molecule has 0 saturated carbocycles. The first kappa shape index (κ1) is 23.6. The Balaban J connectivity index is 1.97. The quantitative estimate of drug-likeness (QED) is 0.515. The van der Waals surface area contributed by atoms with Gasteiger partial charge >= 0.3 is 0 Å². The second kappa shape index (κ2) is 9.19. The lowest BCUT2D eigenvalue weighted by Gasteiger charge is -2.15. The minimum Gasteiger partial charge on any atom is -0.495 e. The number of methoxy groups -OCH3 is 1. The van der Waals surface area contributed by atoms with E-state index in [2.05, 4.69) is 10.0 Å². The Morgan fingerprint density at radius 1 is 0.906 bits per heavy atom. The van der Waals surface area contributed by atoms with Crippen LogP contribution in [0.4, 0.5) is 11.4 Å². The number of halogens is 1. The average Bonchev–Trinajstić information content (AvgIpc) is 2.73. The van der Waals surface area contributed by atoms with E-state index in [0.29, 0.717) is 11.4 Å². The number of para-hydroxylation sites is 3. The smallest absolute Gasteiger partial charge is 0.263 e. The summed E-state index contributed by atoms with van der Waals surface area (Å²) in [7, 11) is -6.52. The Morgan fingerprint density at radius 3 is 2.19 bits per heavy atom. The molecule has 0 aliphatic carbocycles. The van der Waals surface area contributed by atoms with Gasteiger partial charge in [0.1, 0.15) is 10.6 Å². The zero-order chi connectivity index (χ0) is 23.5. The van der Waals surface area contributed by atoms with Gasteiger partial charge in [-0.2, -0.15) is 0 Å². The van der Waals surface area contributed by atoms with E-state index in [-0.39, 0.29) is 21.2 Å². The molecule has 0 aliphatic heterocycles. The van der Waals surface area contributed by atoms with Gasteiger partial charge in [-0.05, 0) is 42.5 Å². The molecular formula is C21H19ClN2O6S2. The predicted octanol–water partition coefficient (Wildman–Crippen LogP) is 3.81. The zero-order valence-electron chi connectivity index (χ0n) is 17.0. The number of sulfone groups is 1. The van der Waals surface area contributed by atoms with Crippen LogP contribution in [0.3, 0.4) is 0 Å². The molecule has 3 rings (SSSR count). The molecule has 3 aromatic carbocycles. The number of benzene rings is 3. The summed E-state index contributed by atoms with van der Waals surface area (Å²) in [5.74, 6) is -0.146. The van der Waals surface area contributed by atoms with Crippen molar-refractivity contribution in [3.05, 3.63) is 77.3 Å². The van der Waals surface area contributed by atoms with E-state index >= 15 is 0 Å². The molecule has 0 saturated heterocycles. The van der Waals surface area contributed by atoms with Crippen molar-refractivity contribution in [2.75, 3.05) is 23.4 Å². The molecule has 0 heterocycles. The van der Waals surface area contributed by atoms with Crippen LogP contribution < -0.4 is 14.8 Å². The van der Waals surface area contributed by atoms with E-state index in [1.165, 1.54) is 31.4 Å². The highest BCUT2D eigenvalue weighted by molar-refractivity contribution is 7.93. The van der Waals surface area contributed by atoms with E-state index in [0.717, 1.165) is 12.3 Å². The fourth-order valence-electron chi connectivity index (χ4n) is 2.83. The van der Waals surface area contributed by atoms with Crippen molar-refractivity contribution in [1.29, 1.82) is 0 Å². The standard InChI is InChI=1S/C21H19ClN2O6S2/c1-30-19-10-6-5-9-18(19)23-21(25)15-7-3-4-8-17(15)24-32(28,29)20-13-14(31(2,26)27)11-12-16(20)22/h3-13,24H,1-2H3,(H,23,25). The van der Waals surface area contributed by atoms with Gasteiger partial charge in [-0.25, -0.2) is 16.8 Å². The number of rotatable bonds is 7. The summed E-state index contributed by atoms with van der Waals surface area (Å²) in [5.41, 5.74) is 0.430. The molecule has 1 amide bonds. The van der Waals surface area contributed by atoms with Crippen molar-refractivity contribution >= 4 is 48.7 Å². The van der Waals surface area contributed by atoms with Crippen LogP contribution in [-0.4, -0.2) is 36.1 Å². The summed E-state index contributed by atoms with van der Waals surface area (Å²) >= 11 is 6.03. The maximum atomic E-state index is 13.0. The molecule has 0 aliphatic rings. The molecule has 2 N–H and O–H groups in total. The monoisotopic (exact) mass is 494 g/mol. The van der Waals surface area contributed by atoms with Crippen molar-refractivity contribution in [3.63, 3.8) is 0 Å². The average molecular weight is 495 g/mol. The van der Waals surface area contributed by atoms with Crippen molar-refractivity contribution < 1.29 is 26.4 Å². The molecule has 168 valence electrons. The van der Waals surface area contributed by atoms with Gasteiger partial charge in [0.15, 0.2) is 9.84 Å². The highest BCUT2D eigenvalue weighted by Crippen LogP contribution is 2.29. The fourth-order valence-corrected chi connectivity index (χ4v) is 5.16. The molecule has 11 heteroatoms. The third-order valence-corrected chi connectivity index (χ3v) is 7.35. The van der Waals surface area contributed by atoms with Crippen LogP contribution in [0.15, 0.2) is 76.5 Å². The number of ether oxygens (including phenoxy) is 1. The number of anilines is 2. The third kappa shape index (κ3) is 5.21. The Hall–Kier alpha value is -3.08. The van der Waals surface area contributed by atoms with Crippen molar-refractivity contribution in [3.8, 4) is 5.75 Å². The first-order chi connectivity index (χ1) is 15.0. The number of hydrogen-bond donors (Lipinski definition) is 2. The number of sulfonamides is 1. The highest BCUT2D eigenvalue weighted by Gasteiger charge is 2.23. The van der Waals surface area contributed by atoms with Crippen LogP contribution >= 0.6 is 11.6 Å². The zero-order valence-corrected chi connectivity index (χ0v) is 19.4. The van der Waals surface area contributed by atoms with Crippen LogP contribution in [-0.2, 0) is 19.9 Å². The second-order valence-corrected chi connectivity index (χ2v) is 10.7. The molecule has 0 spiro atoms. The number of carbonyl (C=O) groups is 1. The van der Waals surface area contributed by atoms with Crippen LogP contribution in [0.2, 0.25) is 5.02 Å². The summed E-state index contributed by atoms with van der Waals surface area (Å²) < 4.78 is 57.2. The maximum absolute atomic E-state index is 13.0. The van der Waals surface area contributed by atoms with Gasteiger partial charge in [0.2, 0.25) is 0 Å². The normalized spacial score (nSPS) is 11.6. The Labute approximate surface area is 191 Å². The number of hydrogen-bond acceptors (Lipinski definition) is 6. The first-order valence-corrected chi connectivity index (χ1v) is 12.8. The molecule has 32 heavy (non-hydrogen) atoms. The molecule has 3 aromatic rings. The van der Waals surface area contributed by atoms with Gasteiger partial charge in [0, 0.05) is 6.26 Å². The second-order valence-electron chi connectivity index (χ2n) is 6.67. The van der Waals surface area contributed by atoms with Gasteiger partial charge in [-0.3, -0.25) is 9.52 Å². The summed E-state index contributed by atoms with van der Waals surface area (Å²) in [6.07, 6.45) is 0.956. The Morgan fingerprint density at radius 2 is 1.53 bits per heavy atom. The lowest BCUT2D eigenvalue weighted by atomic mass is 10.1. The summed E-state index contributed by atoms with van der Waals surface area (Å²) in [6.45, 7) is 0. The van der Waals surface area contributed by atoms with Crippen LogP contribution in [0.5, 0.6) is 5.75 Å². The summed E-state index contributed by atoms with van der Waals surface area (Å²) in [5, 5.41) is 2.51. The molecule has 0 bridgehead atoms. The molecule has 0 unspecified atom stereocenters. The van der Waals surface area contributed by atoms with E-state index < -0.39 is 30.7 Å². The Kier molecular flexibility index (Phi) is 6.77. The van der Waals surface area contributed by atoms with Crippen LogP contribution in [0.1, 0.15) is 10.4 Å². The highest BCUT2D eigenvalue weighted by atomic mass is 35.5. The summed E-state index contributed by atoms with van der Waals surface area (Å²) in [4.78, 5) is 12.2. The summed E-state index contributed by atoms with van der Waals surface area (Å²) in [6, 6.07) is 16.1. The SMILES string of the molecule is COc1ccccc1NC(=O)c1ccccc1NS(=O)(=O)c1cc(S(C)(=O)=O)ccc1Cl. The molecule has 0 fully saturated rings. The minimum absolute atomic E-state index is 0.0132. The first-order valence-electron chi connectivity index (χ1n) is 9.09. The third-order valence-electron chi connectivity index (χ3n) is 4.39. The van der Waals surface area contributed by atoms with Crippen LogP contribution in [0, 0.1) is 0 Å². The van der Waals surface area contributed by atoms with Crippen molar-refractivity contribution in [2.45, 2.75) is 9.79 Å². The number of amides is 1. The molecule has 0 atom stereocenters. The minimum atomic E-state index is -4.32. The van der Waals surface area contributed by atoms with Crippen LogP contribution in [0.25, 0.3) is 0 Å². The van der Waals surface area contributed by atoms with E-state index in [1.807, 2.05) is 0 Å². The number of carbonyl (C=O) groups excluding carboxylic acids is 1. The van der Waals surface area contributed by atoms with E-state index in [1.54, 1.807) is 36.4 Å². The van der Waals surface area contributed by atoms with Gasteiger partial charge in [-0.15, -0.1) is 0 Å². The lowest BCUT2D eigenvalue weighted by Crippen LogP contribution is -2.19. The topological polar surface area (TPSA) is 119 Å². The van der Waals surface area contributed by atoms with Gasteiger partial charge in [0.05, 0.1) is 34.0 Å². The van der Waals surface area contributed by atoms with Crippen molar-refractivity contribution in [2.24, 2.45) is 0 Å². The van der Waals surface area contributed by atoms with E-state index in [9.17, 15) is 21.6 Å². The molecule has 8 nitrogen and oxygen atoms in total. The lowest BCUT2D eigenvalue weighted by molar-refractivity contribution is 0.102. The van der Waals surface area contributed by atoms with E-state index in [4.69, 9.17) is 16.3 Å². The molecule has 0 radical (unpaired) electrons. The molecular weight excluding hydrogens is 476 g/mol. The predicted molar refractivity (Wildman–Crippen MR) is 123 cm³/mol. The van der Waals surface area contributed by atoms with Crippen molar-refractivity contribution in [1.82, 2.24) is 0 Å². The Bertz CT molecular complexity index is 1390. The number of nitrogens with one attached hydrogen (secondary N) is 2. The van der Waals surface area contributed by atoms with Gasteiger partial charge in [-0.1, -0.05) is 35.9 Å². The van der Waals surface area contributed by atoms with Gasteiger partial charge in [0.25, 0.3) is 15.9 Å². The largest absolute Gasteiger partial charge is 0.495 e. The maximum Gasteiger partial charge on any atom is 0.263 e.